The van der Waals surface area contributed by atoms with Gasteiger partial charge in [0.2, 0.25) is 0 Å². The van der Waals surface area contributed by atoms with E-state index in [0.717, 1.165) is 48.5 Å². The molecular formula is C35H53O26P. The second-order valence-corrected chi connectivity index (χ2v) is 15.6. The molecule has 26 nitrogen and oxygen atoms in total. The number of rotatable bonds is 18. The molecule has 16 atom stereocenters. The maximum Gasteiger partial charge on any atom is 0.469 e. The summed E-state index contributed by atoms with van der Waals surface area (Å²) in [5, 5.41) is 31.6. The zero-order valence-electron chi connectivity index (χ0n) is 34.8. The van der Waals surface area contributed by atoms with Crippen molar-refractivity contribution in [3.63, 3.8) is 0 Å². The number of phosphoric acid groups is 1. The maximum absolute atomic E-state index is 12.7. The SMILES string of the molecule is CC(=O)OCC1OC(OC2C(COC(C)=O)OC(OC(C)CC3OC(COP(=O)(O)O)C(O)C(O)C3O)C(OC(C)=O)C2OC(C)=O)C(OC(C)=O)C(OC(C)=O)C1OC(C)=O. The van der Waals surface area contributed by atoms with Crippen LogP contribution < -0.4 is 0 Å². The standard InChI is InChI=1S/C35H53O26P/c1-13(9-21-25(43)27(45)26(44)22(58-21)12-51-62(46,47)48)52-34-32(56-19(7)41)31(55-18(6)40)29(24(59-34)11-50-15(3)37)61-35-33(57-20(8)42)30(54-17(5)39)28(53-16(4)38)23(60-35)10-49-14(2)36/h13,21-35,43-45H,9-12H2,1-8H3,(H2,46,47,48). The molecule has 27 heteroatoms. The third kappa shape index (κ3) is 15.7. The molecule has 0 spiro atoms. The van der Waals surface area contributed by atoms with E-state index in [0.29, 0.717) is 0 Å². The molecule has 3 aliphatic rings. The van der Waals surface area contributed by atoms with E-state index in [1.54, 1.807) is 0 Å². The molecule has 0 amide bonds. The highest BCUT2D eigenvalue weighted by Gasteiger charge is 2.58. The average Bonchev–Trinajstić information content (AvgIpc) is 3.13. The summed E-state index contributed by atoms with van der Waals surface area (Å²) in [7, 11) is -5.05. The Kier molecular flexibility index (Phi) is 19.6. The van der Waals surface area contributed by atoms with Crippen molar-refractivity contribution in [3.8, 4) is 0 Å². The van der Waals surface area contributed by atoms with Crippen LogP contribution in [-0.4, -0.2) is 185 Å². The molecule has 3 rings (SSSR count). The van der Waals surface area contributed by atoms with E-state index in [1.165, 1.54) is 6.92 Å². The second-order valence-electron chi connectivity index (χ2n) is 14.3. The van der Waals surface area contributed by atoms with E-state index in [1.807, 2.05) is 0 Å². The van der Waals surface area contributed by atoms with Crippen molar-refractivity contribution in [2.75, 3.05) is 19.8 Å². The van der Waals surface area contributed by atoms with Gasteiger partial charge < -0.3 is 81.9 Å². The van der Waals surface area contributed by atoms with Crippen LogP contribution in [0, 0.1) is 0 Å². The van der Waals surface area contributed by atoms with Gasteiger partial charge in [0.1, 0.15) is 55.9 Å². The zero-order chi connectivity index (χ0) is 46.8. The lowest BCUT2D eigenvalue weighted by Crippen LogP contribution is -2.67. The van der Waals surface area contributed by atoms with Crippen LogP contribution in [0.4, 0.5) is 0 Å². The molecule has 0 saturated carbocycles. The summed E-state index contributed by atoms with van der Waals surface area (Å²) in [6, 6.07) is 0. The Morgan fingerprint density at radius 2 is 0.903 bits per heavy atom. The lowest BCUT2D eigenvalue weighted by molar-refractivity contribution is -0.364. The highest BCUT2D eigenvalue weighted by Crippen LogP contribution is 2.39. The van der Waals surface area contributed by atoms with Gasteiger partial charge in [0.15, 0.2) is 43.1 Å². The fraction of sp³-hybridized carbons (Fsp3) is 0.800. The van der Waals surface area contributed by atoms with Crippen molar-refractivity contribution in [3.05, 3.63) is 0 Å². The van der Waals surface area contributed by atoms with Gasteiger partial charge in [0.25, 0.3) is 0 Å². The molecule has 354 valence electrons. The summed E-state index contributed by atoms with van der Waals surface area (Å²) in [6.45, 7) is 6.14. The van der Waals surface area contributed by atoms with Crippen LogP contribution in [0.25, 0.3) is 0 Å². The molecule has 3 aliphatic heterocycles. The van der Waals surface area contributed by atoms with E-state index >= 15 is 0 Å². The summed E-state index contributed by atoms with van der Waals surface area (Å²) in [5.74, 6) is -6.53. The number of hydrogen-bond acceptors (Lipinski definition) is 24. The number of esters is 7. The summed E-state index contributed by atoms with van der Waals surface area (Å²) in [6.07, 6.45) is -27.2. The van der Waals surface area contributed by atoms with E-state index in [4.69, 9.17) is 66.6 Å². The quantitative estimate of drug-likeness (QED) is 0.0533. The molecule has 3 fully saturated rings. The van der Waals surface area contributed by atoms with Gasteiger partial charge in [-0.05, 0) is 6.92 Å². The number of ether oxygens (including phenoxy) is 12. The van der Waals surface area contributed by atoms with E-state index < -0.39 is 167 Å². The van der Waals surface area contributed by atoms with Gasteiger partial charge in [-0.15, -0.1) is 0 Å². The number of hydrogen-bond donors (Lipinski definition) is 5. The van der Waals surface area contributed by atoms with Gasteiger partial charge in [-0.25, -0.2) is 4.57 Å². The molecule has 0 aromatic carbocycles. The number of carbonyl (C=O) groups excluding carboxylic acids is 7. The van der Waals surface area contributed by atoms with Crippen molar-refractivity contribution in [1.29, 1.82) is 0 Å². The molecule has 0 aliphatic carbocycles. The van der Waals surface area contributed by atoms with Crippen LogP contribution in [-0.2, 0) is 99.5 Å². The molecule has 16 unspecified atom stereocenters. The molecule has 0 bridgehead atoms. The first-order valence-electron chi connectivity index (χ1n) is 18.9. The van der Waals surface area contributed by atoms with Crippen molar-refractivity contribution in [2.24, 2.45) is 0 Å². The van der Waals surface area contributed by atoms with Gasteiger partial charge in [-0.1, -0.05) is 0 Å². The molecule has 3 heterocycles. The van der Waals surface area contributed by atoms with E-state index in [9.17, 15) is 53.4 Å². The fourth-order valence-corrected chi connectivity index (χ4v) is 7.07. The molecular weight excluding hydrogens is 867 g/mol. The Morgan fingerprint density at radius 3 is 1.37 bits per heavy atom. The molecule has 0 aromatic heterocycles. The van der Waals surface area contributed by atoms with Gasteiger partial charge in [-0.3, -0.25) is 38.1 Å². The smallest absolute Gasteiger partial charge is 0.463 e. The Balaban J connectivity index is 2.08. The lowest BCUT2D eigenvalue weighted by Gasteiger charge is -2.49. The highest BCUT2D eigenvalue weighted by molar-refractivity contribution is 7.46. The minimum Gasteiger partial charge on any atom is -0.463 e. The first kappa shape index (κ1) is 52.4. The normalized spacial score (nSPS) is 34.1. The molecule has 62 heavy (non-hydrogen) atoms. The van der Waals surface area contributed by atoms with Crippen LogP contribution >= 0.6 is 7.82 Å². The van der Waals surface area contributed by atoms with Crippen molar-refractivity contribution in [1.82, 2.24) is 0 Å². The van der Waals surface area contributed by atoms with E-state index in [2.05, 4.69) is 4.52 Å². The van der Waals surface area contributed by atoms with E-state index in [-0.39, 0.29) is 6.42 Å². The van der Waals surface area contributed by atoms with Crippen molar-refractivity contribution >= 4 is 49.6 Å². The predicted octanol–water partition coefficient (Wildman–Crippen LogP) is -2.64. The molecule has 0 radical (unpaired) electrons. The van der Waals surface area contributed by atoms with Gasteiger partial charge in [0, 0.05) is 54.9 Å². The maximum atomic E-state index is 12.7. The average molecular weight is 921 g/mol. The number of aliphatic hydroxyl groups is 3. The van der Waals surface area contributed by atoms with Crippen molar-refractivity contribution < 1.29 is 125 Å². The number of carbonyl (C=O) groups is 7. The van der Waals surface area contributed by atoms with Gasteiger partial charge in [-0.2, -0.15) is 0 Å². The molecule has 3 saturated heterocycles. The van der Waals surface area contributed by atoms with Crippen LogP contribution in [0.3, 0.4) is 0 Å². The molecule has 5 N–H and O–H groups in total. The third-order valence-electron chi connectivity index (χ3n) is 9.03. The summed E-state index contributed by atoms with van der Waals surface area (Å²) in [5.41, 5.74) is 0. The monoisotopic (exact) mass is 920 g/mol. The summed E-state index contributed by atoms with van der Waals surface area (Å²) >= 11 is 0. The fourth-order valence-electron chi connectivity index (χ4n) is 6.72. The number of phosphoric ester groups is 1. The summed E-state index contributed by atoms with van der Waals surface area (Å²) < 4.78 is 83.7. The van der Waals surface area contributed by atoms with Crippen LogP contribution in [0.1, 0.15) is 61.8 Å². The first-order chi connectivity index (χ1) is 28.8. The minimum absolute atomic E-state index is 0.360. The number of aliphatic hydroxyl groups excluding tert-OH is 3. The lowest BCUT2D eigenvalue weighted by atomic mass is 9.92. The summed E-state index contributed by atoms with van der Waals surface area (Å²) in [4.78, 5) is 105. The first-order valence-corrected chi connectivity index (χ1v) is 20.4. The minimum atomic E-state index is -5.05. The Bertz CT molecular complexity index is 1640. The van der Waals surface area contributed by atoms with Crippen LogP contribution in [0.2, 0.25) is 0 Å². The van der Waals surface area contributed by atoms with Gasteiger partial charge >= 0.3 is 49.6 Å². The zero-order valence-corrected chi connectivity index (χ0v) is 35.7. The second kappa shape index (κ2) is 23.1. The van der Waals surface area contributed by atoms with Gasteiger partial charge in [0.05, 0.1) is 18.8 Å². The largest absolute Gasteiger partial charge is 0.469 e. The Morgan fingerprint density at radius 1 is 0.500 bits per heavy atom. The molecule has 0 aromatic rings. The Hall–Kier alpha value is -3.92. The van der Waals surface area contributed by atoms with Crippen LogP contribution in [0.15, 0.2) is 0 Å². The van der Waals surface area contributed by atoms with Crippen molar-refractivity contribution in [2.45, 2.75) is 160 Å². The highest BCUT2D eigenvalue weighted by atomic mass is 31.2. The topological polar surface area (TPSA) is 358 Å². The predicted molar refractivity (Wildman–Crippen MR) is 193 cm³/mol. The Labute approximate surface area is 353 Å². The third-order valence-corrected chi connectivity index (χ3v) is 9.52. The van der Waals surface area contributed by atoms with Crippen LogP contribution in [0.5, 0.6) is 0 Å².